The number of rotatable bonds is 6. The Hall–Kier alpha value is -2.27. The average molecular weight is 320 g/mol. The molecule has 2 rings (SSSR count). The van der Waals surface area contributed by atoms with Crippen molar-refractivity contribution in [1.82, 2.24) is 10.3 Å². The Kier molecular flexibility index (Phi) is 6.03. The van der Waals surface area contributed by atoms with Crippen molar-refractivity contribution in [3.8, 4) is 5.75 Å². The largest absolute Gasteiger partial charge is 0.492 e. The Bertz CT molecular complexity index is 617. The van der Waals surface area contributed by atoms with E-state index in [0.29, 0.717) is 36.2 Å². The third kappa shape index (κ3) is 5.26. The molecule has 0 radical (unpaired) electrons. The number of halogens is 1. The van der Waals surface area contributed by atoms with E-state index >= 15 is 0 Å². The Labute approximate surface area is 134 Å². The van der Waals surface area contributed by atoms with Gasteiger partial charge in [-0.05, 0) is 37.1 Å². The second kappa shape index (κ2) is 8.24. The number of pyridine rings is 1. The molecule has 0 spiro atoms. The summed E-state index contributed by atoms with van der Waals surface area (Å²) in [5, 5.41) is 5.99. The Morgan fingerprint density at radius 1 is 1.27 bits per heavy atom. The fourth-order valence-corrected chi connectivity index (χ4v) is 1.91. The third-order valence-corrected chi connectivity index (χ3v) is 3.17. The number of benzene rings is 1. The van der Waals surface area contributed by atoms with Gasteiger partial charge in [0.05, 0.1) is 11.6 Å². The van der Waals surface area contributed by atoms with Gasteiger partial charge in [-0.15, -0.1) is 0 Å². The molecule has 2 aromatic rings. The van der Waals surface area contributed by atoms with Gasteiger partial charge in [-0.25, -0.2) is 9.78 Å². The van der Waals surface area contributed by atoms with Crippen LogP contribution in [0.5, 0.6) is 5.75 Å². The van der Waals surface area contributed by atoms with Gasteiger partial charge in [-0.2, -0.15) is 0 Å². The Morgan fingerprint density at radius 3 is 2.82 bits per heavy atom. The number of urea groups is 1. The monoisotopic (exact) mass is 319 g/mol. The molecule has 116 valence electrons. The minimum absolute atomic E-state index is 0.283. The van der Waals surface area contributed by atoms with Gasteiger partial charge in [0.2, 0.25) is 0 Å². The number of ether oxygens (including phenoxy) is 1. The van der Waals surface area contributed by atoms with Gasteiger partial charge in [0.1, 0.15) is 11.6 Å². The molecule has 5 nitrogen and oxygen atoms in total. The highest BCUT2D eigenvalue weighted by molar-refractivity contribution is 6.32. The van der Waals surface area contributed by atoms with Crippen molar-refractivity contribution >= 4 is 23.4 Å². The number of para-hydroxylation sites is 1. The number of carbonyl (C=O) groups excluding carboxylic acids is 1. The number of hydrogen-bond acceptors (Lipinski definition) is 3. The molecule has 0 fully saturated rings. The predicted molar refractivity (Wildman–Crippen MR) is 87.6 cm³/mol. The first-order valence-electron chi connectivity index (χ1n) is 7.00. The van der Waals surface area contributed by atoms with Gasteiger partial charge in [-0.3, -0.25) is 5.32 Å². The predicted octanol–water partition coefficient (Wildman–Crippen LogP) is 3.63. The Morgan fingerprint density at radius 2 is 2.09 bits per heavy atom. The number of amides is 2. The molecule has 0 saturated carbocycles. The summed E-state index contributed by atoms with van der Waals surface area (Å²) >= 11 is 5.98. The van der Waals surface area contributed by atoms with E-state index in [-0.39, 0.29) is 6.03 Å². The lowest BCUT2D eigenvalue weighted by atomic mass is 10.3. The standard InChI is InChI=1S/C16H18ClN3O2/c1-12-7-8-15(19-11-12)20-16(21)18-9-4-10-22-14-6-3-2-5-13(14)17/h2-3,5-8,11H,4,9-10H2,1H3,(H2,18,19,20,21). The van der Waals surface area contributed by atoms with Crippen LogP contribution in [-0.2, 0) is 0 Å². The normalized spacial score (nSPS) is 10.1. The molecule has 0 aliphatic carbocycles. The summed E-state index contributed by atoms with van der Waals surface area (Å²) in [6.45, 7) is 2.92. The number of anilines is 1. The van der Waals surface area contributed by atoms with Gasteiger partial charge >= 0.3 is 6.03 Å². The lowest BCUT2D eigenvalue weighted by Crippen LogP contribution is -2.30. The van der Waals surface area contributed by atoms with Crippen molar-refractivity contribution in [2.24, 2.45) is 0 Å². The van der Waals surface area contributed by atoms with Crippen molar-refractivity contribution in [1.29, 1.82) is 0 Å². The van der Waals surface area contributed by atoms with Crippen molar-refractivity contribution in [2.45, 2.75) is 13.3 Å². The van der Waals surface area contributed by atoms with E-state index < -0.39 is 0 Å². The highest BCUT2D eigenvalue weighted by Gasteiger charge is 2.02. The molecule has 0 unspecified atom stereocenters. The molecule has 0 aliphatic rings. The van der Waals surface area contributed by atoms with E-state index in [4.69, 9.17) is 16.3 Å². The van der Waals surface area contributed by atoms with Crippen molar-refractivity contribution in [3.05, 3.63) is 53.2 Å². The van der Waals surface area contributed by atoms with Crippen LogP contribution in [0.4, 0.5) is 10.6 Å². The molecule has 0 aliphatic heterocycles. The molecule has 1 aromatic carbocycles. The van der Waals surface area contributed by atoms with Crippen LogP contribution in [0.15, 0.2) is 42.6 Å². The highest BCUT2D eigenvalue weighted by atomic mass is 35.5. The van der Waals surface area contributed by atoms with Gasteiger partial charge in [0.25, 0.3) is 0 Å². The molecule has 6 heteroatoms. The second-order valence-electron chi connectivity index (χ2n) is 4.73. The number of hydrogen-bond donors (Lipinski definition) is 2. The van der Waals surface area contributed by atoms with Crippen LogP contribution in [0.25, 0.3) is 0 Å². The Balaban J connectivity index is 1.63. The summed E-state index contributed by atoms with van der Waals surface area (Å²) in [5.74, 6) is 1.17. The van der Waals surface area contributed by atoms with E-state index in [9.17, 15) is 4.79 Å². The maximum absolute atomic E-state index is 11.7. The van der Waals surface area contributed by atoms with Crippen molar-refractivity contribution in [2.75, 3.05) is 18.5 Å². The number of aryl methyl sites for hydroxylation is 1. The zero-order valence-corrected chi connectivity index (χ0v) is 13.1. The number of nitrogens with one attached hydrogen (secondary N) is 2. The first kappa shape index (κ1) is 16.1. The van der Waals surface area contributed by atoms with Crippen LogP contribution in [0, 0.1) is 6.92 Å². The van der Waals surface area contributed by atoms with Gasteiger partial charge < -0.3 is 10.1 Å². The highest BCUT2D eigenvalue weighted by Crippen LogP contribution is 2.22. The van der Waals surface area contributed by atoms with Crippen LogP contribution in [0.3, 0.4) is 0 Å². The fourth-order valence-electron chi connectivity index (χ4n) is 1.72. The van der Waals surface area contributed by atoms with E-state index in [1.165, 1.54) is 0 Å². The van der Waals surface area contributed by atoms with E-state index in [0.717, 1.165) is 5.56 Å². The third-order valence-electron chi connectivity index (χ3n) is 2.85. The molecule has 22 heavy (non-hydrogen) atoms. The maximum atomic E-state index is 11.7. The molecule has 0 bridgehead atoms. The molecule has 2 N–H and O–H groups in total. The minimum Gasteiger partial charge on any atom is -0.492 e. The number of nitrogens with zero attached hydrogens (tertiary/aromatic N) is 1. The van der Waals surface area contributed by atoms with Crippen LogP contribution in [-0.4, -0.2) is 24.2 Å². The lowest BCUT2D eigenvalue weighted by molar-refractivity contribution is 0.250. The fraction of sp³-hybridized carbons (Fsp3) is 0.250. The number of carbonyl (C=O) groups is 1. The van der Waals surface area contributed by atoms with Crippen LogP contribution in [0.1, 0.15) is 12.0 Å². The molecule has 1 heterocycles. The molecule has 0 saturated heterocycles. The molecule has 2 amide bonds. The smallest absolute Gasteiger partial charge is 0.320 e. The van der Waals surface area contributed by atoms with E-state index in [2.05, 4.69) is 15.6 Å². The summed E-state index contributed by atoms with van der Waals surface area (Å²) in [4.78, 5) is 15.8. The minimum atomic E-state index is -0.283. The average Bonchev–Trinajstić information content (AvgIpc) is 2.51. The summed E-state index contributed by atoms with van der Waals surface area (Å²) in [5.41, 5.74) is 1.04. The van der Waals surface area contributed by atoms with Gasteiger partial charge in [0.15, 0.2) is 0 Å². The van der Waals surface area contributed by atoms with Crippen molar-refractivity contribution < 1.29 is 9.53 Å². The van der Waals surface area contributed by atoms with Gasteiger partial charge in [0, 0.05) is 12.7 Å². The molecule has 1 aromatic heterocycles. The van der Waals surface area contributed by atoms with Crippen LogP contribution < -0.4 is 15.4 Å². The second-order valence-corrected chi connectivity index (χ2v) is 5.14. The zero-order valence-electron chi connectivity index (χ0n) is 12.3. The molecular weight excluding hydrogens is 302 g/mol. The zero-order chi connectivity index (χ0) is 15.8. The van der Waals surface area contributed by atoms with E-state index in [1.807, 2.05) is 31.2 Å². The number of aromatic nitrogens is 1. The quantitative estimate of drug-likeness (QED) is 0.799. The van der Waals surface area contributed by atoms with Crippen LogP contribution in [0.2, 0.25) is 5.02 Å². The maximum Gasteiger partial charge on any atom is 0.320 e. The summed E-state index contributed by atoms with van der Waals surface area (Å²) in [6, 6.07) is 10.7. The lowest BCUT2D eigenvalue weighted by Gasteiger charge is -2.09. The van der Waals surface area contributed by atoms with Crippen molar-refractivity contribution in [3.63, 3.8) is 0 Å². The van der Waals surface area contributed by atoms with Gasteiger partial charge in [-0.1, -0.05) is 29.8 Å². The first-order chi connectivity index (χ1) is 10.6. The summed E-state index contributed by atoms with van der Waals surface area (Å²) in [7, 11) is 0. The first-order valence-corrected chi connectivity index (χ1v) is 7.38. The summed E-state index contributed by atoms with van der Waals surface area (Å²) in [6.07, 6.45) is 2.38. The van der Waals surface area contributed by atoms with Crippen LogP contribution >= 0.6 is 11.6 Å². The topological polar surface area (TPSA) is 63.2 Å². The summed E-state index contributed by atoms with van der Waals surface area (Å²) < 4.78 is 5.53. The molecule has 0 atom stereocenters. The SMILES string of the molecule is Cc1ccc(NC(=O)NCCCOc2ccccc2Cl)nc1. The molecular formula is C16H18ClN3O2. The van der Waals surface area contributed by atoms with E-state index in [1.54, 1.807) is 18.3 Å².